The average Bonchev–Trinajstić information content (AvgIpc) is 3.05. The molecule has 27 heavy (non-hydrogen) atoms. The van der Waals surface area contributed by atoms with Crippen LogP contribution >= 0.6 is 0 Å². The first-order chi connectivity index (χ1) is 13.3. The van der Waals surface area contributed by atoms with Crippen molar-refractivity contribution in [3.8, 4) is 17.0 Å². The van der Waals surface area contributed by atoms with Crippen LogP contribution in [0, 0.1) is 0 Å². The van der Waals surface area contributed by atoms with Gasteiger partial charge >= 0.3 is 0 Å². The Hall–Kier alpha value is -3.40. The SMILES string of the molecule is C/C=C(\CN=C1C=CC=CC1)c1c(O)[nH]c2ccc(-c3ccncc3)cc12. The van der Waals surface area contributed by atoms with Crippen LogP contribution in [0.2, 0.25) is 0 Å². The molecule has 134 valence electrons. The number of pyridine rings is 1. The third-order valence-electron chi connectivity index (χ3n) is 4.78. The van der Waals surface area contributed by atoms with Gasteiger partial charge in [-0.3, -0.25) is 9.98 Å². The molecule has 1 aliphatic rings. The van der Waals surface area contributed by atoms with Crippen LogP contribution in [0.15, 0.2) is 78.1 Å². The number of aliphatic imine (C=N–C) groups is 1. The Morgan fingerprint density at radius 3 is 2.78 bits per heavy atom. The van der Waals surface area contributed by atoms with Gasteiger partial charge in [-0.15, -0.1) is 0 Å². The van der Waals surface area contributed by atoms with E-state index >= 15 is 0 Å². The predicted octanol–water partition coefficient (Wildman–Crippen LogP) is 5.30. The van der Waals surface area contributed by atoms with E-state index in [1.54, 1.807) is 12.4 Å². The van der Waals surface area contributed by atoms with Gasteiger partial charge in [0.15, 0.2) is 5.88 Å². The fraction of sp³-hybridized carbons (Fsp3) is 0.130. The van der Waals surface area contributed by atoms with Crippen molar-refractivity contribution < 1.29 is 5.11 Å². The summed E-state index contributed by atoms with van der Waals surface area (Å²) in [4.78, 5) is 11.9. The van der Waals surface area contributed by atoms with Gasteiger partial charge in [0.25, 0.3) is 0 Å². The lowest BCUT2D eigenvalue weighted by molar-refractivity contribution is 0.457. The summed E-state index contributed by atoms with van der Waals surface area (Å²) in [6.45, 7) is 2.52. The Labute approximate surface area is 158 Å². The second-order valence-corrected chi connectivity index (χ2v) is 6.46. The maximum Gasteiger partial charge on any atom is 0.197 e. The van der Waals surface area contributed by atoms with E-state index in [0.29, 0.717) is 6.54 Å². The van der Waals surface area contributed by atoms with Gasteiger partial charge in [0.2, 0.25) is 0 Å². The normalized spacial score (nSPS) is 15.7. The number of benzene rings is 1. The highest BCUT2D eigenvalue weighted by Gasteiger charge is 2.15. The Morgan fingerprint density at radius 2 is 2.04 bits per heavy atom. The molecule has 2 N–H and O–H groups in total. The van der Waals surface area contributed by atoms with E-state index in [1.807, 2.05) is 55.5 Å². The van der Waals surface area contributed by atoms with E-state index in [2.05, 4.69) is 22.1 Å². The summed E-state index contributed by atoms with van der Waals surface area (Å²) >= 11 is 0. The minimum Gasteiger partial charge on any atom is -0.494 e. The minimum absolute atomic E-state index is 0.185. The van der Waals surface area contributed by atoms with Gasteiger partial charge in [-0.05, 0) is 54.0 Å². The van der Waals surface area contributed by atoms with Crippen molar-refractivity contribution in [2.75, 3.05) is 6.54 Å². The maximum atomic E-state index is 10.6. The number of rotatable bonds is 4. The summed E-state index contributed by atoms with van der Waals surface area (Å²) in [6.07, 6.45) is 14.6. The van der Waals surface area contributed by atoms with Gasteiger partial charge < -0.3 is 10.1 Å². The second-order valence-electron chi connectivity index (χ2n) is 6.46. The van der Waals surface area contributed by atoms with Crippen molar-refractivity contribution in [3.63, 3.8) is 0 Å². The molecule has 0 radical (unpaired) electrons. The monoisotopic (exact) mass is 355 g/mol. The molecule has 0 amide bonds. The molecule has 0 aliphatic heterocycles. The van der Waals surface area contributed by atoms with Crippen molar-refractivity contribution in [3.05, 3.63) is 78.7 Å². The molecule has 4 nitrogen and oxygen atoms in total. The fourth-order valence-corrected chi connectivity index (χ4v) is 3.35. The third-order valence-corrected chi connectivity index (χ3v) is 4.78. The molecular formula is C23H21N3O. The number of nitrogens with zero attached hydrogens (tertiary/aromatic N) is 2. The van der Waals surface area contributed by atoms with Gasteiger partial charge in [-0.2, -0.15) is 0 Å². The Balaban J connectivity index is 1.74. The standard InChI is InChI=1S/C23H21N3O/c1-2-16(15-25-19-6-4-3-5-7-19)22-20-14-18(17-10-12-24-13-11-17)8-9-21(20)26-23(22)27/h2-6,8-14,26-27H,7,15H2,1H3/b16-2+,25-19?. The topological polar surface area (TPSA) is 61.3 Å². The molecule has 2 heterocycles. The van der Waals surface area contributed by atoms with Crippen molar-refractivity contribution in [2.24, 2.45) is 4.99 Å². The summed E-state index contributed by atoms with van der Waals surface area (Å²) in [6, 6.07) is 10.1. The van der Waals surface area contributed by atoms with Gasteiger partial charge in [-0.1, -0.05) is 30.4 Å². The fourth-order valence-electron chi connectivity index (χ4n) is 3.35. The maximum absolute atomic E-state index is 10.6. The molecule has 3 aromatic rings. The summed E-state index contributed by atoms with van der Waals surface area (Å²) < 4.78 is 0. The Kier molecular flexibility index (Phi) is 4.71. The first-order valence-corrected chi connectivity index (χ1v) is 9.03. The predicted molar refractivity (Wildman–Crippen MR) is 112 cm³/mol. The molecule has 0 unspecified atom stereocenters. The smallest absolute Gasteiger partial charge is 0.197 e. The first kappa shape index (κ1) is 17.0. The van der Waals surface area contributed by atoms with Crippen LogP contribution in [0.25, 0.3) is 27.6 Å². The third kappa shape index (κ3) is 3.47. The second kappa shape index (κ2) is 7.46. The van der Waals surface area contributed by atoms with E-state index in [9.17, 15) is 5.11 Å². The van der Waals surface area contributed by atoms with Crippen molar-refractivity contribution in [1.29, 1.82) is 0 Å². The molecule has 1 aliphatic carbocycles. The molecule has 2 aromatic heterocycles. The van der Waals surface area contributed by atoms with Crippen molar-refractivity contribution in [1.82, 2.24) is 9.97 Å². The zero-order chi connectivity index (χ0) is 18.6. The summed E-state index contributed by atoms with van der Waals surface area (Å²) in [5.74, 6) is 0.185. The first-order valence-electron chi connectivity index (χ1n) is 9.03. The molecule has 4 heteroatoms. The number of hydrogen-bond acceptors (Lipinski definition) is 3. The minimum atomic E-state index is 0.185. The van der Waals surface area contributed by atoms with Crippen molar-refractivity contribution >= 4 is 22.2 Å². The quantitative estimate of drug-likeness (QED) is 0.667. The number of aromatic nitrogens is 2. The van der Waals surface area contributed by atoms with Crippen LogP contribution in [0.3, 0.4) is 0 Å². The average molecular weight is 355 g/mol. The number of fused-ring (bicyclic) bond motifs is 1. The highest BCUT2D eigenvalue weighted by atomic mass is 16.3. The van der Waals surface area contributed by atoms with E-state index in [0.717, 1.165) is 45.3 Å². The lowest BCUT2D eigenvalue weighted by Gasteiger charge is -2.07. The zero-order valence-corrected chi connectivity index (χ0v) is 15.2. The van der Waals surface area contributed by atoms with Gasteiger partial charge in [0.1, 0.15) is 0 Å². The molecule has 0 fully saturated rings. The zero-order valence-electron chi connectivity index (χ0n) is 15.2. The Morgan fingerprint density at radius 1 is 1.19 bits per heavy atom. The Bertz CT molecular complexity index is 1090. The number of H-pyrrole nitrogens is 1. The van der Waals surface area contributed by atoms with Crippen LogP contribution < -0.4 is 0 Å². The van der Waals surface area contributed by atoms with Gasteiger partial charge in [-0.25, -0.2) is 0 Å². The molecule has 1 aromatic carbocycles. The molecule has 0 spiro atoms. The highest BCUT2D eigenvalue weighted by molar-refractivity contribution is 6.00. The number of nitrogens with one attached hydrogen (secondary N) is 1. The number of aromatic amines is 1. The van der Waals surface area contributed by atoms with Crippen molar-refractivity contribution in [2.45, 2.75) is 13.3 Å². The van der Waals surface area contributed by atoms with Gasteiger partial charge in [0.05, 0.1) is 6.54 Å². The number of allylic oxidation sites excluding steroid dienone is 5. The lowest BCUT2D eigenvalue weighted by atomic mass is 10.00. The number of aromatic hydroxyl groups is 1. The van der Waals surface area contributed by atoms with Crippen LogP contribution in [-0.4, -0.2) is 27.3 Å². The summed E-state index contributed by atoms with van der Waals surface area (Å²) in [7, 11) is 0. The van der Waals surface area contributed by atoms with Gasteiger partial charge in [0, 0.05) is 41.0 Å². The van der Waals surface area contributed by atoms with Crippen LogP contribution in [0.4, 0.5) is 0 Å². The van der Waals surface area contributed by atoms with E-state index < -0.39 is 0 Å². The number of hydrogen-bond donors (Lipinski definition) is 2. The highest BCUT2D eigenvalue weighted by Crippen LogP contribution is 2.35. The van der Waals surface area contributed by atoms with E-state index in [-0.39, 0.29) is 5.88 Å². The molecule has 0 atom stereocenters. The van der Waals surface area contributed by atoms with Crippen LogP contribution in [-0.2, 0) is 0 Å². The summed E-state index contributed by atoms with van der Waals surface area (Å²) in [5.41, 5.74) is 5.97. The van der Waals surface area contributed by atoms with Crippen LogP contribution in [0.5, 0.6) is 5.88 Å². The molecule has 0 saturated heterocycles. The largest absolute Gasteiger partial charge is 0.494 e. The van der Waals surface area contributed by atoms with E-state index in [1.165, 1.54) is 0 Å². The molecule has 4 rings (SSSR count). The molecular weight excluding hydrogens is 334 g/mol. The molecule has 0 saturated carbocycles. The molecule has 0 bridgehead atoms. The lowest BCUT2D eigenvalue weighted by Crippen LogP contribution is -1.98. The summed E-state index contributed by atoms with van der Waals surface area (Å²) in [5, 5.41) is 11.5. The van der Waals surface area contributed by atoms with Crippen LogP contribution in [0.1, 0.15) is 18.9 Å². The van der Waals surface area contributed by atoms with E-state index in [4.69, 9.17) is 4.99 Å².